The van der Waals surface area contributed by atoms with Crippen molar-refractivity contribution in [2.75, 3.05) is 0 Å². The topological polar surface area (TPSA) is 35.5 Å². The first-order chi connectivity index (χ1) is 10.5. The summed E-state index contributed by atoms with van der Waals surface area (Å²) >= 11 is 0. The molecule has 0 spiro atoms. The van der Waals surface area contributed by atoms with Crippen LogP contribution in [0.1, 0.15) is 94.8 Å². The van der Waals surface area contributed by atoms with Gasteiger partial charge in [-0.2, -0.15) is 0 Å². The predicted octanol–water partition coefficient (Wildman–Crippen LogP) is 5.40. The van der Waals surface area contributed by atoms with Crippen LogP contribution in [0.25, 0.3) is 0 Å². The summed E-state index contributed by atoms with van der Waals surface area (Å²) in [7, 11) is 0. The number of esters is 1. The Morgan fingerprint density at radius 1 is 1.09 bits per heavy atom. The summed E-state index contributed by atoms with van der Waals surface area (Å²) in [6.07, 6.45) is 2.08. The Balaban J connectivity index is 2.35. The summed E-state index contributed by atoms with van der Waals surface area (Å²) in [5.74, 6) is 0.0594. The average molecular weight is 318 g/mol. The number of benzene rings is 1. The van der Waals surface area contributed by atoms with E-state index in [1.54, 1.807) is 0 Å². The molecule has 0 N–H and O–H groups in total. The molecule has 3 nitrogen and oxygen atoms in total. The van der Waals surface area contributed by atoms with Crippen LogP contribution in [0.4, 0.5) is 0 Å². The van der Waals surface area contributed by atoms with Crippen molar-refractivity contribution in [3.05, 3.63) is 34.9 Å². The molecule has 1 aromatic carbocycles. The van der Waals surface area contributed by atoms with E-state index in [1.807, 2.05) is 26.8 Å². The maximum atomic E-state index is 12.6. The molecule has 1 aromatic rings. The van der Waals surface area contributed by atoms with Crippen molar-refractivity contribution in [3.8, 4) is 0 Å². The Morgan fingerprint density at radius 2 is 1.74 bits per heavy atom. The molecule has 2 atom stereocenters. The highest BCUT2D eigenvalue weighted by Gasteiger charge is 2.37. The Bertz CT molecular complexity index is 576. The lowest BCUT2D eigenvalue weighted by atomic mass is 9.94. The molecule has 0 saturated carbocycles. The number of hydrogen-bond acceptors (Lipinski definition) is 3. The van der Waals surface area contributed by atoms with Gasteiger partial charge >= 0.3 is 5.97 Å². The summed E-state index contributed by atoms with van der Waals surface area (Å²) in [6.45, 7) is 14.0. The van der Waals surface area contributed by atoms with E-state index < -0.39 is 5.60 Å². The molecule has 128 valence electrons. The molecule has 0 fully saturated rings. The van der Waals surface area contributed by atoms with Crippen molar-refractivity contribution >= 4 is 5.97 Å². The molecule has 23 heavy (non-hydrogen) atoms. The number of carbonyl (C=O) groups excluding carboxylic acids is 1. The van der Waals surface area contributed by atoms with Crippen LogP contribution in [-0.2, 0) is 9.47 Å². The minimum absolute atomic E-state index is 0.0672. The monoisotopic (exact) mass is 318 g/mol. The molecule has 1 aliphatic rings. The first-order valence-electron chi connectivity index (χ1n) is 8.57. The zero-order chi connectivity index (χ0) is 17.4. The lowest BCUT2D eigenvalue weighted by Crippen LogP contribution is -2.27. The second-order valence-electron chi connectivity index (χ2n) is 8.39. The second kappa shape index (κ2) is 6.27. The van der Waals surface area contributed by atoms with Crippen molar-refractivity contribution in [1.82, 2.24) is 0 Å². The predicted molar refractivity (Wildman–Crippen MR) is 92.8 cm³/mol. The van der Waals surface area contributed by atoms with Gasteiger partial charge in [0.15, 0.2) is 0 Å². The maximum absolute atomic E-state index is 12.6. The smallest absolute Gasteiger partial charge is 0.339 e. The van der Waals surface area contributed by atoms with Gasteiger partial charge in [-0.1, -0.05) is 25.5 Å². The van der Waals surface area contributed by atoms with E-state index in [-0.39, 0.29) is 17.7 Å². The fraction of sp³-hybridized carbons (Fsp3) is 0.650. The highest BCUT2D eigenvalue weighted by Crippen LogP contribution is 2.47. The van der Waals surface area contributed by atoms with Crippen molar-refractivity contribution in [2.24, 2.45) is 0 Å². The zero-order valence-corrected chi connectivity index (χ0v) is 15.5. The third kappa shape index (κ3) is 4.35. The van der Waals surface area contributed by atoms with Crippen LogP contribution in [0.3, 0.4) is 0 Å². The van der Waals surface area contributed by atoms with E-state index in [2.05, 4.69) is 39.8 Å². The van der Waals surface area contributed by atoms with Crippen LogP contribution in [0.5, 0.6) is 0 Å². The van der Waals surface area contributed by atoms with Crippen LogP contribution in [0.2, 0.25) is 0 Å². The molecule has 0 amide bonds. The molecular weight excluding hydrogens is 288 g/mol. The van der Waals surface area contributed by atoms with Gasteiger partial charge in [0.1, 0.15) is 5.60 Å². The van der Waals surface area contributed by atoms with Crippen LogP contribution < -0.4 is 0 Å². The van der Waals surface area contributed by atoms with Crippen LogP contribution >= 0.6 is 0 Å². The van der Waals surface area contributed by atoms with E-state index in [1.165, 1.54) is 5.56 Å². The maximum Gasteiger partial charge on any atom is 0.339 e. The number of fused-ring (bicyclic) bond motifs is 2. The Hall–Kier alpha value is -1.35. The standard InChI is InChI=1S/C20H30O3/c1-8-9-14-13-10-11-15(18(21)23-20(5,6)7)16(12-13)17(14)22-19(2,3)4/h10-12,14,17H,8-9H2,1-7H3. The molecule has 2 rings (SSSR count). The number of carbonyl (C=O) groups is 1. The van der Waals surface area contributed by atoms with Gasteiger partial charge in [-0.3, -0.25) is 0 Å². The van der Waals surface area contributed by atoms with E-state index in [9.17, 15) is 4.79 Å². The van der Waals surface area contributed by atoms with E-state index in [4.69, 9.17) is 9.47 Å². The summed E-state index contributed by atoms with van der Waals surface area (Å²) in [4.78, 5) is 12.6. The molecule has 0 saturated heterocycles. The summed E-state index contributed by atoms with van der Waals surface area (Å²) in [5, 5.41) is 0. The number of hydrogen-bond donors (Lipinski definition) is 0. The van der Waals surface area contributed by atoms with Gasteiger partial charge < -0.3 is 9.47 Å². The Morgan fingerprint density at radius 3 is 2.26 bits per heavy atom. The Kier molecular flexibility index (Phi) is 4.91. The van der Waals surface area contributed by atoms with Crippen LogP contribution in [0, 0.1) is 0 Å². The molecular formula is C20H30O3. The van der Waals surface area contributed by atoms with Crippen LogP contribution in [-0.4, -0.2) is 17.2 Å². The van der Waals surface area contributed by atoms with Gasteiger partial charge in [-0.15, -0.1) is 0 Å². The number of rotatable bonds is 4. The van der Waals surface area contributed by atoms with Crippen molar-refractivity contribution in [3.63, 3.8) is 0 Å². The highest BCUT2D eigenvalue weighted by molar-refractivity contribution is 5.92. The lowest BCUT2D eigenvalue weighted by Gasteiger charge is -2.30. The fourth-order valence-electron chi connectivity index (χ4n) is 3.11. The Labute approximate surface area is 140 Å². The molecule has 0 heterocycles. The van der Waals surface area contributed by atoms with Crippen molar-refractivity contribution in [2.45, 2.75) is 84.5 Å². The van der Waals surface area contributed by atoms with Crippen molar-refractivity contribution < 1.29 is 14.3 Å². The van der Waals surface area contributed by atoms with Gasteiger partial charge in [0.25, 0.3) is 0 Å². The molecule has 3 heteroatoms. The number of ether oxygens (including phenoxy) is 2. The molecule has 0 radical (unpaired) electrons. The van der Waals surface area contributed by atoms with E-state index in [0.29, 0.717) is 11.5 Å². The largest absolute Gasteiger partial charge is 0.456 e. The zero-order valence-electron chi connectivity index (χ0n) is 15.5. The van der Waals surface area contributed by atoms with E-state index >= 15 is 0 Å². The molecule has 0 aliphatic heterocycles. The molecule has 2 bridgehead atoms. The fourth-order valence-corrected chi connectivity index (χ4v) is 3.11. The van der Waals surface area contributed by atoms with Gasteiger partial charge in [0.05, 0.1) is 17.3 Å². The molecule has 0 aromatic heterocycles. The third-order valence-corrected chi connectivity index (χ3v) is 3.87. The highest BCUT2D eigenvalue weighted by atomic mass is 16.6. The SMILES string of the molecule is CCCC1c2ccc(C(=O)OC(C)(C)C)c(c2)C1OC(C)(C)C. The van der Waals surface area contributed by atoms with Crippen LogP contribution in [0.15, 0.2) is 18.2 Å². The minimum Gasteiger partial charge on any atom is -0.456 e. The first kappa shape index (κ1) is 18.0. The summed E-state index contributed by atoms with van der Waals surface area (Å²) < 4.78 is 11.9. The summed E-state index contributed by atoms with van der Waals surface area (Å²) in [6, 6.07) is 6.07. The van der Waals surface area contributed by atoms with Gasteiger partial charge in [-0.25, -0.2) is 4.79 Å². The van der Waals surface area contributed by atoms with Gasteiger partial charge in [-0.05, 0) is 65.2 Å². The molecule has 2 unspecified atom stereocenters. The quantitative estimate of drug-likeness (QED) is 0.698. The third-order valence-electron chi connectivity index (χ3n) is 3.87. The minimum atomic E-state index is -0.496. The lowest BCUT2D eigenvalue weighted by molar-refractivity contribution is -0.0722. The summed E-state index contributed by atoms with van der Waals surface area (Å²) in [5.41, 5.74) is 2.13. The normalized spacial score (nSPS) is 20.7. The molecule has 1 aliphatic carbocycles. The van der Waals surface area contributed by atoms with Gasteiger partial charge in [0, 0.05) is 5.92 Å². The van der Waals surface area contributed by atoms with E-state index in [0.717, 1.165) is 18.4 Å². The first-order valence-corrected chi connectivity index (χ1v) is 8.57. The van der Waals surface area contributed by atoms with Crippen molar-refractivity contribution in [1.29, 1.82) is 0 Å². The average Bonchev–Trinajstić information content (AvgIpc) is 2.61. The second-order valence-corrected chi connectivity index (χ2v) is 8.39. The van der Waals surface area contributed by atoms with Gasteiger partial charge in [0.2, 0.25) is 0 Å².